The maximum absolute atomic E-state index is 8.89. The van der Waals surface area contributed by atoms with E-state index in [1.807, 2.05) is 12.1 Å². The first kappa shape index (κ1) is 12.1. The van der Waals surface area contributed by atoms with Gasteiger partial charge >= 0.3 is 0 Å². The van der Waals surface area contributed by atoms with Crippen LogP contribution in [0, 0.1) is 11.3 Å². The van der Waals surface area contributed by atoms with Crippen molar-refractivity contribution in [3.8, 4) is 17.6 Å². The molecule has 0 aliphatic heterocycles. The van der Waals surface area contributed by atoms with Crippen LogP contribution < -0.4 is 9.47 Å². The zero-order chi connectivity index (χ0) is 12.2. The maximum Gasteiger partial charge on any atom is 0.188 e. The van der Waals surface area contributed by atoms with Gasteiger partial charge in [-0.1, -0.05) is 18.7 Å². The number of ether oxygens (including phenoxy) is 2. The minimum Gasteiger partial charge on any atom is -0.493 e. The Morgan fingerprint density at radius 1 is 1.38 bits per heavy atom. The highest BCUT2D eigenvalue weighted by Crippen LogP contribution is 2.31. The predicted octanol–water partition coefficient (Wildman–Crippen LogP) is 3.02. The Labute approximate surface area is 95.9 Å². The van der Waals surface area contributed by atoms with Gasteiger partial charge in [0.15, 0.2) is 17.1 Å². The fraction of sp³-hybridized carbons (Fsp3) is 0.308. The third-order valence-electron chi connectivity index (χ3n) is 2.06. The van der Waals surface area contributed by atoms with E-state index >= 15 is 0 Å². The second-order valence-corrected chi connectivity index (χ2v) is 3.84. The molecule has 3 heteroatoms. The minimum absolute atomic E-state index is 0.555. The van der Waals surface area contributed by atoms with Crippen LogP contribution in [-0.4, -0.2) is 12.7 Å². The van der Waals surface area contributed by atoms with Crippen LogP contribution in [0.3, 0.4) is 0 Å². The predicted molar refractivity (Wildman–Crippen MR) is 63.4 cm³/mol. The quantitative estimate of drug-likeness (QED) is 0.778. The lowest BCUT2D eigenvalue weighted by atomic mass is 10.1. The van der Waals surface area contributed by atoms with Gasteiger partial charge in [-0.3, -0.25) is 0 Å². The summed E-state index contributed by atoms with van der Waals surface area (Å²) < 4.78 is 10.7. The van der Waals surface area contributed by atoms with Crippen LogP contribution in [0.15, 0.2) is 24.8 Å². The first-order chi connectivity index (χ1) is 7.52. The lowest BCUT2D eigenvalue weighted by molar-refractivity contribution is 0.163. The Morgan fingerprint density at radius 3 is 2.56 bits per heavy atom. The Hall–Kier alpha value is -1.95. The molecule has 0 spiro atoms. The van der Waals surface area contributed by atoms with Crippen LogP contribution in [0.5, 0.6) is 11.5 Å². The van der Waals surface area contributed by atoms with Gasteiger partial charge < -0.3 is 9.47 Å². The fourth-order valence-electron chi connectivity index (χ4n) is 1.19. The lowest BCUT2D eigenvalue weighted by Gasteiger charge is -2.20. The Balaban J connectivity index is 3.06. The number of hydrogen-bond donors (Lipinski definition) is 0. The van der Waals surface area contributed by atoms with Crippen molar-refractivity contribution in [2.24, 2.45) is 0 Å². The van der Waals surface area contributed by atoms with Gasteiger partial charge in [-0.05, 0) is 31.5 Å². The summed E-state index contributed by atoms with van der Waals surface area (Å²) in [5, 5.41) is 8.89. The molecular weight excluding hydrogens is 202 g/mol. The molecule has 0 aliphatic rings. The molecule has 0 bridgehead atoms. The van der Waals surface area contributed by atoms with E-state index in [0.29, 0.717) is 11.5 Å². The molecule has 0 aliphatic carbocycles. The molecule has 0 unspecified atom stereocenters. The smallest absolute Gasteiger partial charge is 0.188 e. The number of nitrogens with zero attached hydrogens (tertiary/aromatic N) is 1. The molecular formula is C13H15NO2. The number of hydrogen-bond acceptors (Lipinski definition) is 3. The summed E-state index contributed by atoms with van der Waals surface area (Å²) >= 11 is 0. The molecule has 0 saturated heterocycles. The standard InChI is InChI=1S/C13H15NO2/c1-5-10-6-7-11(12(8-10)15-4)16-13(2,3)9-14/h5-8H,1H2,2-4H3. The summed E-state index contributed by atoms with van der Waals surface area (Å²) in [6.45, 7) is 7.08. The molecule has 0 saturated carbocycles. The average Bonchev–Trinajstić information content (AvgIpc) is 2.29. The third-order valence-corrected chi connectivity index (χ3v) is 2.06. The van der Waals surface area contributed by atoms with E-state index in [9.17, 15) is 0 Å². The monoisotopic (exact) mass is 217 g/mol. The van der Waals surface area contributed by atoms with E-state index in [1.165, 1.54) is 0 Å². The van der Waals surface area contributed by atoms with Crippen LogP contribution >= 0.6 is 0 Å². The summed E-state index contributed by atoms with van der Waals surface area (Å²) in [6, 6.07) is 7.52. The van der Waals surface area contributed by atoms with Crippen molar-refractivity contribution in [1.29, 1.82) is 5.26 Å². The van der Waals surface area contributed by atoms with Gasteiger partial charge in [0.05, 0.1) is 7.11 Å². The summed E-state index contributed by atoms with van der Waals surface area (Å²) in [7, 11) is 1.56. The number of benzene rings is 1. The van der Waals surface area contributed by atoms with E-state index < -0.39 is 5.60 Å². The highest BCUT2D eigenvalue weighted by Gasteiger charge is 2.20. The number of methoxy groups -OCH3 is 1. The third kappa shape index (κ3) is 2.77. The van der Waals surface area contributed by atoms with E-state index in [-0.39, 0.29) is 0 Å². The molecule has 1 rings (SSSR count). The van der Waals surface area contributed by atoms with Crippen LogP contribution in [0.1, 0.15) is 19.4 Å². The largest absolute Gasteiger partial charge is 0.493 e. The zero-order valence-electron chi connectivity index (χ0n) is 9.78. The fourth-order valence-corrected chi connectivity index (χ4v) is 1.19. The van der Waals surface area contributed by atoms with Gasteiger partial charge in [0.25, 0.3) is 0 Å². The van der Waals surface area contributed by atoms with Gasteiger partial charge in [-0.15, -0.1) is 0 Å². The molecule has 84 valence electrons. The molecule has 0 atom stereocenters. The second kappa shape index (κ2) is 4.71. The molecule has 0 radical (unpaired) electrons. The van der Waals surface area contributed by atoms with Gasteiger partial charge in [0, 0.05) is 0 Å². The maximum atomic E-state index is 8.89. The second-order valence-electron chi connectivity index (χ2n) is 3.84. The van der Waals surface area contributed by atoms with E-state index in [4.69, 9.17) is 14.7 Å². The highest BCUT2D eigenvalue weighted by atomic mass is 16.5. The Morgan fingerprint density at radius 2 is 2.06 bits per heavy atom. The van der Waals surface area contributed by atoms with Gasteiger partial charge in [0.2, 0.25) is 0 Å². The molecule has 1 aromatic rings. The van der Waals surface area contributed by atoms with Crippen molar-refractivity contribution in [3.63, 3.8) is 0 Å². The SMILES string of the molecule is C=Cc1ccc(OC(C)(C)C#N)c(OC)c1. The summed E-state index contributed by atoms with van der Waals surface area (Å²) in [4.78, 5) is 0. The van der Waals surface area contributed by atoms with Crippen molar-refractivity contribution in [2.75, 3.05) is 7.11 Å². The van der Waals surface area contributed by atoms with E-state index in [2.05, 4.69) is 12.6 Å². The lowest BCUT2D eigenvalue weighted by Crippen LogP contribution is -2.25. The normalized spacial score (nSPS) is 10.4. The van der Waals surface area contributed by atoms with Crippen LogP contribution in [0.4, 0.5) is 0 Å². The molecule has 0 aromatic heterocycles. The first-order valence-electron chi connectivity index (χ1n) is 4.93. The van der Waals surface area contributed by atoms with Crippen molar-refractivity contribution < 1.29 is 9.47 Å². The molecule has 0 amide bonds. The number of rotatable bonds is 4. The van der Waals surface area contributed by atoms with Gasteiger partial charge in [0.1, 0.15) is 6.07 Å². The zero-order valence-corrected chi connectivity index (χ0v) is 9.78. The first-order valence-corrected chi connectivity index (χ1v) is 4.93. The van der Waals surface area contributed by atoms with E-state index in [0.717, 1.165) is 5.56 Å². The highest BCUT2D eigenvalue weighted by molar-refractivity contribution is 5.54. The van der Waals surface area contributed by atoms with Crippen molar-refractivity contribution in [3.05, 3.63) is 30.3 Å². The van der Waals surface area contributed by atoms with Crippen molar-refractivity contribution in [1.82, 2.24) is 0 Å². The van der Waals surface area contributed by atoms with Crippen LogP contribution in [-0.2, 0) is 0 Å². The topological polar surface area (TPSA) is 42.2 Å². The van der Waals surface area contributed by atoms with E-state index in [1.54, 1.807) is 33.1 Å². The Bertz CT molecular complexity index is 430. The summed E-state index contributed by atoms with van der Waals surface area (Å²) in [6.07, 6.45) is 1.72. The van der Waals surface area contributed by atoms with Gasteiger partial charge in [-0.25, -0.2) is 0 Å². The molecule has 16 heavy (non-hydrogen) atoms. The van der Waals surface area contributed by atoms with Crippen molar-refractivity contribution >= 4 is 6.08 Å². The summed E-state index contributed by atoms with van der Waals surface area (Å²) in [5.41, 5.74) is 0.0714. The average molecular weight is 217 g/mol. The molecule has 0 fully saturated rings. The minimum atomic E-state index is -0.872. The van der Waals surface area contributed by atoms with Gasteiger partial charge in [-0.2, -0.15) is 5.26 Å². The van der Waals surface area contributed by atoms with Crippen molar-refractivity contribution in [2.45, 2.75) is 19.4 Å². The number of nitriles is 1. The molecule has 1 aromatic carbocycles. The summed E-state index contributed by atoms with van der Waals surface area (Å²) in [5.74, 6) is 1.15. The van der Waals surface area contributed by atoms with Crippen LogP contribution in [0.2, 0.25) is 0 Å². The molecule has 0 heterocycles. The van der Waals surface area contributed by atoms with Crippen LogP contribution in [0.25, 0.3) is 6.08 Å². The Kier molecular flexibility index (Phi) is 3.57. The molecule has 0 N–H and O–H groups in total. The molecule has 3 nitrogen and oxygen atoms in total.